The summed E-state index contributed by atoms with van der Waals surface area (Å²) in [6.45, 7) is 4.28. The molecule has 0 fully saturated rings. The van der Waals surface area contributed by atoms with Crippen molar-refractivity contribution in [3.05, 3.63) is 119 Å². The van der Waals surface area contributed by atoms with Crippen molar-refractivity contribution in [2.45, 2.75) is 19.9 Å². The summed E-state index contributed by atoms with van der Waals surface area (Å²) < 4.78 is 14.0. The van der Waals surface area contributed by atoms with Gasteiger partial charge in [0.2, 0.25) is 0 Å². The Balaban J connectivity index is 1.65. The second-order valence-electron chi connectivity index (χ2n) is 8.80. The number of anilines is 1. The van der Waals surface area contributed by atoms with E-state index in [0.717, 1.165) is 21.3 Å². The van der Waals surface area contributed by atoms with Crippen LogP contribution in [0, 0.1) is 0 Å². The Hall–Kier alpha value is -3.95. The molecule has 198 valence electrons. The van der Waals surface area contributed by atoms with Gasteiger partial charge < -0.3 is 14.8 Å². The van der Waals surface area contributed by atoms with Crippen LogP contribution >= 0.6 is 27.3 Å². The molecule has 39 heavy (non-hydrogen) atoms. The molecule has 0 saturated carbocycles. The van der Waals surface area contributed by atoms with Crippen molar-refractivity contribution in [2.24, 2.45) is 4.99 Å². The van der Waals surface area contributed by atoms with Crippen LogP contribution in [0.4, 0.5) is 5.69 Å². The van der Waals surface area contributed by atoms with Crippen LogP contribution in [-0.4, -0.2) is 24.2 Å². The fraction of sp³-hybridized carbons (Fsp3) is 0.167. The largest absolute Gasteiger partial charge is 0.497 e. The first-order chi connectivity index (χ1) is 18.9. The molecule has 0 aliphatic carbocycles. The molecular formula is C30H26BrN3O4S. The number of carbonyl (C=O) groups excluding carboxylic acids is 1. The maximum absolute atomic E-state index is 13.9. The number of nitrogens with one attached hydrogen (secondary N) is 1. The third kappa shape index (κ3) is 5.46. The Morgan fingerprint density at radius 2 is 1.92 bits per heavy atom. The van der Waals surface area contributed by atoms with Crippen molar-refractivity contribution >= 4 is 44.9 Å². The summed E-state index contributed by atoms with van der Waals surface area (Å²) >= 11 is 4.83. The standard InChI is InChI=1S/C30H26BrN3O4S/c1-4-38-24-14-13-19(15-23(24)31)16-25-29(36)34-27(20-9-8-12-22(17-20)37-3)26(18(2)32-30(34)39-25)28(35)33-21-10-6-5-7-11-21/h5-17,27H,4H2,1-3H3,(H,33,35)/b25-16-/t27-/m0/s1. The van der Waals surface area contributed by atoms with Gasteiger partial charge in [-0.05, 0) is 83.4 Å². The lowest BCUT2D eigenvalue weighted by Crippen LogP contribution is -2.40. The van der Waals surface area contributed by atoms with Gasteiger partial charge in [0.1, 0.15) is 11.5 Å². The summed E-state index contributed by atoms with van der Waals surface area (Å²) in [5, 5.41) is 2.96. The molecule has 3 aromatic carbocycles. The molecule has 0 bridgehead atoms. The molecule has 1 N–H and O–H groups in total. The molecule has 0 radical (unpaired) electrons. The van der Waals surface area contributed by atoms with Crippen LogP contribution in [0.2, 0.25) is 0 Å². The first kappa shape index (κ1) is 26.6. The van der Waals surface area contributed by atoms with Gasteiger partial charge in [0.25, 0.3) is 11.5 Å². The summed E-state index contributed by atoms with van der Waals surface area (Å²) in [6.07, 6.45) is 1.83. The molecule has 5 rings (SSSR count). The topological polar surface area (TPSA) is 81.9 Å². The number of thiazole rings is 1. The van der Waals surface area contributed by atoms with Crippen LogP contribution in [0.3, 0.4) is 0 Å². The van der Waals surface area contributed by atoms with E-state index in [4.69, 9.17) is 14.5 Å². The van der Waals surface area contributed by atoms with Crippen LogP contribution in [0.25, 0.3) is 6.08 Å². The van der Waals surface area contributed by atoms with Crippen LogP contribution < -0.4 is 29.7 Å². The number of rotatable bonds is 7. The molecule has 1 amide bonds. The van der Waals surface area contributed by atoms with Crippen LogP contribution in [0.1, 0.15) is 31.0 Å². The zero-order valence-corrected chi connectivity index (χ0v) is 24.0. The van der Waals surface area contributed by atoms with Crippen LogP contribution in [0.5, 0.6) is 11.5 Å². The van der Waals surface area contributed by atoms with Gasteiger partial charge >= 0.3 is 0 Å². The van der Waals surface area contributed by atoms with Gasteiger partial charge in [0, 0.05) is 5.69 Å². The number of para-hydroxylation sites is 1. The Labute approximate surface area is 237 Å². The van der Waals surface area contributed by atoms with Gasteiger partial charge in [-0.3, -0.25) is 14.2 Å². The lowest BCUT2D eigenvalue weighted by atomic mass is 9.95. The van der Waals surface area contributed by atoms with Gasteiger partial charge in [-0.25, -0.2) is 4.99 Å². The minimum absolute atomic E-state index is 0.228. The zero-order valence-electron chi connectivity index (χ0n) is 21.6. The van der Waals surface area contributed by atoms with Gasteiger partial charge in [-0.15, -0.1) is 0 Å². The van der Waals surface area contributed by atoms with Crippen molar-refractivity contribution in [3.8, 4) is 11.5 Å². The minimum Gasteiger partial charge on any atom is -0.497 e. The third-order valence-electron chi connectivity index (χ3n) is 6.26. The third-order valence-corrected chi connectivity index (χ3v) is 7.86. The number of fused-ring (bicyclic) bond motifs is 1. The molecule has 0 unspecified atom stereocenters. The van der Waals surface area contributed by atoms with Gasteiger partial charge in [0.05, 0.1) is 40.0 Å². The zero-order chi connectivity index (χ0) is 27.5. The minimum atomic E-state index is -0.686. The highest BCUT2D eigenvalue weighted by atomic mass is 79.9. The Kier molecular flexibility index (Phi) is 7.81. The number of halogens is 1. The van der Waals surface area contributed by atoms with Crippen molar-refractivity contribution in [3.63, 3.8) is 0 Å². The summed E-state index contributed by atoms with van der Waals surface area (Å²) in [6, 6.07) is 21.6. The molecule has 7 nitrogen and oxygen atoms in total. The summed E-state index contributed by atoms with van der Waals surface area (Å²) in [5.74, 6) is 1.05. The van der Waals surface area contributed by atoms with Crippen molar-refractivity contribution in [2.75, 3.05) is 19.0 Å². The smallest absolute Gasteiger partial charge is 0.271 e. The highest BCUT2D eigenvalue weighted by Gasteiger charge is 2.32. The maximum atomic E-state index is 13.9. The summed E-state index contributed by atoms with van der Waals surface area (Å²) in [7, 11) is 1.59. The Morgan fingerprint density at radius 1 is 1.13 bits per heavy atom. The monoisotopic (exact) mass is 603 g/mol. The molecule has 1 aromatic heterocycles. The number of amides is 1. The number of benzene rings is 3. The Bertz CT molecular complexity index is 1760. The predicted molar refractivity (Wildman–Crippen MR) is 157 cm³/mol. The highest BCUT2D eigenvalue weighted by Crippen LogP contribution is 2.32. The lowest BCUT2D eigenvalue weighted by molar-refractivity contribution is -0.113. The number of aromatic nitrogens is 1. The van der Waals surface area contributed by atoms with E-state index in [1.807, 2.05) is 85.8 Å². The number of nitrogens with zero attached hydrogens (tertiary/aromatic N) is 2. The molecule has 1 aliphatic rings. The van der Waals surface area contributed by atoms with E-state index in [9.17, 15) is 9.59 Å². The van der Waals surface area contributed by atoms with Gasteiger partial charge in [-0.1, -0.05) is 47.7 Å². The molecule has 0 saturated heterocycles. The lowest BCUT2D eigenvalue weighted by Gasteiger charge is -2.25. The second kappa shape index (κ2) is 11.4. The van der Waals surface area contributed by atoms with E-state index in [1.54, 1.807) is 18.6 Å². The second-order valence-corrected chi connectivity index (χ2v) is 10.7. The average Bonchev–Trinajstić information content (AvgIpc) is 3.24. The van der Waals surface area contributed by atoms with Crippen molar-refractivity contribution in [1.82, 2.24) is 4.57 Å². The van der Waals surface area contributed by atoms with Gasteiger partial charge in [-0.2, -0.15) is 0 Å². The average molecular weight is 605 g/mol. The Morgan fingerprint density at radius 3 is 2.64 bits per heavy atom. The number of methoxy groups -OCH3 is 1. The van der Waals surface area contributed by atoms with Crippen LogP contribution in [0.15, 0.2) is 98.3 Å². The first-order valence-electron chi connectivity index (χ1n) is 12.3. The molecule has 0 spiro atoms. The van der Waals surface area contributed by atoms with E-state index < -0.39 is 6.04 Å². The van der Waals surface area contributed by atoms with Crippen LogP contribution in [-0.2, 0) is 4.79 Å². The van der Waals surface area contributed by atoms with E-state index in [2.05, 4.69) is 21.2 Å². The van der Waals surface area contributed by atoms with Crippen molar-refractivity contribution in [1.29, 1.82) is 0 Å². The highest BCUT2D eigenvalue weighted by molar-refractivity contribution is 9.10. The first-order valence-corrected chi connectivity index (χ1v) is 14.0. The normalized spacial score (nSPS) is 15.0. The predicted octanol–water partition coefficient (Wildman–Crippen LogP) is 5.04. The molecule has 2 heterocycles. The number of hydrogen-bond donors (Lipinski definition) is 1. The van der Waals surface area contributed by atoms with E-state index in [1.165, 1.54) is 11.3 Å². The molecule has 4 aromatic rings. The number of ether oxygens (including phenoxy) is 2. The number of hydrogen-bond acceptors (Lipinski definition) is 6. The number of allylic oxidation sites excluding steroid dienone is 1. The van der Waals surface area contributed by atoms with E-state index >= 15 is 0 Å². The summed E-state index contributed by atoms with van der Waals surface area (Å²) in [5.41, 5.74) is 2.96. The summed E-state index contributed by atoms with van der Waals surface area (Å²) in [4.78, 5) is 32.8. The molecule has 1 atom stereocenters. The van der Waals surface area contributed by atoms with E-state index in [0.29, 0.717) is 38.6 Å². The molecule has 1 aliphatic heterocycles. The fourth-order valence-corrected chi connectivity index (χ4v) is 6.05. The quantitative estimate of drug-likeness (QED) is 0.321. The van der Waals surface area contributed by atoms with Crippen molar-refractivity contribution < 1.29 is 14.3 Å². The number of carbonyl (C=O) groups is 1. The fourth-order valence-electron chi connectivity index (χ4n) is 4.49. The molecule has 9 heteroatoms. The van der Waals surface area contributed by atoms with E-state index in [-0.39, 0.29) is 11.5 Å². The maximum Gasteiger partial charge on any atom is 0.271 e. The SMILES string of the molecule is CCOc1ccc(/C=c2\sc3n(c2=O)[C@@H](c2cccc(OC)c2)C(C(=O)Nc2ccccc2)=C(C)N=3)cc1Br. The van der Waals surface area contributed by atoms with Gasteiger partial charge in [0.15, 0.2) is 4.80 Å². The molecular weight excluding hydrogens is 578 g/mol.